The number of piperazine rings is 1. The van der Waals surface area contributed by atoms with Gasteiger partial charge in [-0.15, -0.1) is 0 Å². The maximum atomic E-state index is 12.9. The molecule has 0 N–H and O–H groups in total. The molecule has 0 bridgehead atoms. The molecule has 0 atom stereocenters. The van der Waals surface area contributed by atoms with Gasteiger partial charge in [0, 0.05) is 32.2 Å². The number of anilines is 1. The Kier molecular flexibility index (Phi) is 6.07. The Morgan fingerprint density at radius 1 is 1.09 bits per heavy atom. The molecule has 1 aliphatic rings. The molecule has 3 aromatic rings. The second-order valence-electron chi connectivity index (χ2n) is 7.44. The Bertz CT molecular complexity index is 1160. The van der Waals surface area contributed by atoms with Crippen molar-refractivity contribution < 1.29 is 18.7 Å². The third-order valence-corrected chi connectivity index (χ3v) is 5.30. The number of carbonyl (C=O) groups is 2. The first-order chi connectivity index (χ1) is 15.5. The van der Waals surface area contributed by atoms with Crippen LogP contribution in [0.25, 0.3) is 5.69 Å². The Labute approximate surface area is 184 Å². The number of hydrogen-bond donors (Lipinski definition) is 0. The van der Waals surface area contributed by atoms with Crippen LogP contribution in [-0.4, -0.2) is 59.3 Å². The number of ether oxygens (including phenoxy) is 1. The lowest BCUT2D eigenvalue weighted by atomic mass is 10.2. The van der Waals surface area contributed by atoms with E-state index in [1.54, 1.807) is 36.1 Å². The van der Waals surface area contributed by atoms with Gasteiger partial charge in [-0.1, -0.05) is 17.7 Å². The van der Waals surface area contributed by atoms with E-state index in [4.69, 9.17) is 9.15 Å². The highest BCUT2D eigenvalue weighted by Gasteiger charge is 2.28. The summed E-state index contributed by atoms with van der Waals surface area (Å²) in [5.41, 5.74) is 1.73. The number of aromatic nitrogens is 2. The topological polar surface area (TPSA) is 97.9 Å². The van der Waals surface area contributed by atoms with Gasteiger partial charge in [0.25, 0.3) is 11.5 Å². The van der Waals surface area contributed by atoms with Crippen LogP contribution in [0.15, 0.2) is 57.9 Å². The van der Waals surface area contributed by atoms with E-state index in [9.17, 15) is 14.4 Å². The molecule has 32 heavy (non-hydrogen) atoms. The largest absolute Gasteiger partial charge is 0.461 e. The summed E-state index contributed by atoms with van der Waals surface area (Å²) in [4.78, 5) is 41.6. The number of nitrogens with zero attached hydrogens (tertiary/aromatic N) is 4. The summed E-state index contributed by atoms with van der Waals surface area (Å²) < 4.78 is 11.6. The number of esters is 1. The average molecular weight is 436 g/mol. The van der Waals surface area contributed by atoms with Crippen LogP contribution in [0.4, 0.5) is 5.69 Å². The smallest absolute Gasteiger partial charge is 0.360 e. The predicted molar refractivity (Wildman–Crippen MR) is 117 cm³/mol. The first-order valence-electron chi connectivity index (χ1n) is 10.4. The Hall–Kier alpha value is -3.88. The zero-order valence-electron chi connectivity index (χ0n) is 18.0. The van der Waals surface area contributed by atoms with Crippen LogP contribution in [0.1, 0.15) is 33.5 Å². The molecule has 9 heteroatoms. The minimum absolute atomic E-state index is 0.0674. The Morgan fingerprint density at radius 3 is 2.44 bits per heavy atom. The minimum Gasteiger partial charge on any atom is -0.461 e. The van der Waals surface area contributed by atoms with E-state index in [0.29, 0.717) is 37.6 Å². The van der Waals surface area contributed by atoms with Crippen molar-refractivity contribution in [2.24, 2.45) is 0 Å². The zero-order valence-corrected chi connectivity index (χ0v) is 18.0. The molecule has 0 radical (unpaired) electrons. The Balaban J connectivity index is 1.62. The van der Waals surface area contributed by atoms with Crippen LogP contribution in [0.5, 0.6) is 0 Å². The summed E-state index contributed by atoms with van der Waals surface area (Å²) >= 11 is 0. The molecule has 3 heterocycles. The number of rotatable bonds is 5. The summed E-state index contributed by atoms with van der Waals surface area (Å²) in [5.74, 6) is -0.501. The molecule has 0 unspecified atom stereocenters. The standard InChI is InChI=1S/C23H24N4O5/c1-3-31-23(30)21-18(15-20(28)27(24-21)17-8-6-16(2)7-9-17)25-10-12-26(13-11-25)22(29)19-5-4-14-32-19/h4-9,14-15H,3,10-13H2,1-2H3. The van der Waals surface area contributed by atoms with E-state index in [1.165, 1.54) is 17.0 Å². The van der Waals surface area contributed by atoms with Crippen LogP contribution in [0, 0.1) is 6.92 Å². The first-order valence-corrected chi connectivity index (χ1v) is 10.4. The lowest BCUT2D eigenvalue weighted by Crippen LogP contribution is -2.49. The van der Waals surface area contributed by atoms with Gasteiger partial charge >= 0.3 is 5.97 Å². The predicted octanol–water partition coefficient (Wildman–Crippen LogP) is 2.27. The second-order valence-corrected chi connectivity index (χ2v) is 7.44. The molecule has 2 aromatic heterocycles. The van der Waals surface area contributed by atoms with Gasteiger partial charge in [0.2, 0.25) is 0 Å². The van der Waals surface area contributed by atoms with E-state index in [-0.39, 0.29) is 29.5 Å². The monoisotopic (exact) mass is 436 g/mol. The van der Waals surface area contributed by atoms with Gasteiger partial charge < -0.3 is 19.0 Å². The third kappa shape index (κ3) is 4.27. The van der Waals surface area contributed by atoms with Crippen molar-refractivity contribution >= 4 is 17.6 Å². The molecule has 0 aliphatic carbocycles. The summed E-state index contributed by atoms with van der Waals surface area (Å²) in [6, 6.07) is 12.0. The maximum absolute atomic E-state index is 12.9. The van der Waals surface area contributed by atoms with Crippen molar-refractivity contribution in [3.63, 3.8) is 0 Å². The highest BCUT2D eigenvalue weighted by molar-refractivity contribution is 5.94. The van der Waals surface area contributed by atoms with Crippen molar-refractivity contribution in [3.05, 3.63) is 76.1 Å². The number of amides is 1. The van der Waals surface area contributed by atoms with Gasteiger partial charge in [-0.2, -0.15) is 9.78 Å². The summed E-state index contributed by atoms with van der Waals surface area (Å²) in [6.45, 7) is 5.57. The summed E-state index contributed by atoms with van der Waals surface area (Å²) in [5, 5.41) is 4.35. The van der Waals surface area contributed by atoms with Crippen molar-refractivity contribution in [3.8, 4) is 5.69 Å². The van der Waals surface area contributed by atoms with Crippen LogP contribution in [0.2, 0.25) is 0 Å². The number of aryl methyl sites for hydroxylation is 1. The molecular weight excluding hydrogens is 412 g/mol. The van der Waals surface area contributed by atoms with Crippen LogP contribution in [0.3, 0.4) is 0 Å². The lowest BCUT2D eigenvalue weighted by Gasteiger charge is -2.36. The molecule has 1 aliphatic heterocycles. The van der Waals surface area contributed by atoms with Gasteiger partial charge in [0.1, 0.15) is 0 Å². The second kappa shape index (κ2) is 9.09. The summed E-state index contributed by atoms with van der Waals surface area (Å²) in [7, 11) is 0. The fourth-order valence-corrected chi connectivity index (χ4v) is 3.61. The number of carbonyl (C=O) groups excluding carboxylic acids is 2. The van der Waals surface area contributed by atoms with Crippen LogP contribution < -0.4 is 10.5 Å². The molecule has 166 valence electrons. The van der Waals surface area contributed by atoms with Crippen molar-refractivity contribution in [2.45, 2.75) is 13.8 Å². The van der Waals surface area contributed by atoms with Crippen molar-refractivity contribution in [1.82, 2.24) is 14.7 Å². The van der Waals surface area contributed by atoms with Gasteiger partial charge in [-0.05, 0) is 38.1 Å². The molecule has 9 nitrogen and oxygen atoms in total. The molecule has 1 aromatic carbocycles. The molecular formula is C23H24N4O5. The van der Waals surface area contributed by atoms with E-state index >= 15 is 0 Å². The fourth-order valence-electron chi connectivity index (χ4n) is 3.61. The lowest BCUT2D eigenvalue weighted by molar-refractivity contribution is 0.0516. The number of furan rings is 1. The van der Waals surface area contributed by atoms with E-state index in [2.05, 4.69) is 5.10 Å². The van der Waals surface area contributed by atoms with Crippen LogP contribution in [-0.2, 0) is 4.74 Å². The normalized spacial score (nSPS) is 13.8. The average Bonchev–Trinajstić information content (AvgIpc) is 3.34. The fraction of sp³-hybridized carbons (Fsp3) is 0.304. The van der Waals surface area contributed by atoms with Crippen molar-refractivity contribution in [2.75, 3.05) is 37.7 Å². The van der Waals surface area contributed by atoms with Gasteiger partial charge in [-0.25, -0.2) is 4.79 Å². The SMILES string of the molecule is CCOC(=O)c1nn(-c2ccc(C)cc2)c(=O)cc1N1CCN(C(=O)c2ccco2)CC1. The number of hydrogen-bond acceptors (Lipinski definition) is 7. The quantitative estimate of drug-likeness (QED) is 0.566. The maximum Gasteiger partial charge on any atom is 0.360 e. The van der Waals surface area contributed by atoms with E-state index in [1.807, 2.05) is 24.0 Å². The molecule has 1 saturated heterocycles. The first kappa shape index (κ1) is 21.4. The van der Waals surface area contributed by atoms with E-state index in [0.717, 1.165) is 5.56 Å². The van der Waals surface area contributed by atoms with Crippen LogP contribution >= 0.6 is 0 Å². The Morgan fingerprint density at radius 2 is 1.81 bits per heavy atom. The highest BCUT2D eigenvalue weighted by Crippen LogP contribution is 2.21. The molecule has 4 rings (SSSR count). The molecule has 0 spiro atoms. The van der Waals surface area contributed by atoms with Gasteiger partial charge in [0.15, 0.2) is 11.5 Å². The molecule has 1 amide bonds. The highest BCUT2D eigenvalue weighted by atomic mass is 16.5. The van der Waals surface area contributed by atoms with Gasteiger partial charge in [-0.3, -0.25) is 9.59 Å². The van der Waals surface area contributed by atoms with Gasteiger partial charge in [0.05, 0.1) is 24.2 Å². The van der Waals surface area contributed by atoms with Crippen molar-refractivity contribution in [1.29, 1.82) is 0 Å². The zero-order chi connectivity index (χ0) is 22.7. The van der Waals surface area contributed by atoms with E-state index < -0.39 is 5.97 Å². The molecule has 1 fully saturated rings. The minimum atomic E-state index is -0.600. The molecule has 0 saturated carbocycles. The third-order valence-electron chi connectivity index (χ3n) is 5.30. The summed E-state index contributed by atoms with van der Waals surface area (Å²) in [6.07, 6.45) is 1.46. The number of benzene rings is 1.